The van der Waals surface area contributed by atoms with Crippen LogP contribution < -0.4 is 4.74 Å². The van der Waals surface area contributed by atoms with Gasteiger partial charge in [-0.1, -0.05) is 39.0 Å². The Morgan fingerprint density at radius 2 is 2.00 bits per heavy atom. The van der Waals surface area contributed by atoms with Gasteiger partial charge in [0.1, 0.15) is 5.82 Å². The van der Waals surface area contributed by atoms with Crippen LogP contribution in [0.5, 0.6) is 5.88 Å². The van der Waals surface area contributed by atoms with Crippen molar-refractivity contribution in [3.05, 3.63) is 30.1 Å². The van der Waals surface area contributed by atoms with Gasteiger partial charge < -0.3 is 9.30 Å². The number of carbonyl (C=O) groups excluding carboxylic acids is 1. The fourth-order valence-corrected chi connectivity index (χ4v) is 2.76. The molecule has 0 N–H and O–H groups in total. The molecule has 1 aromatic carbocycles. The van der Waals surface area contributed by atoms with Crippen LogP contribution in [0.3, 0.4) is 0 Å². The van der Waals surface area contributed by atoms with Crippen LogP contribution in [0.25, 0.3) is 21.9 Å². The highest BCUT2D eigenvalue weighted by Gasteiger charge is 2.19. The third-order valence-corrected chi connectivity index (χ3v) is 3.79. The number of esters is 1. The second-order valence-corrected chi connectivity index (χ2v) is 6.12. The lowest BCUT2D eigenvalue weighted by atomic mass is 10.1. The highest BCUT2D eigenvalue weighted by molar-refractivity contribution is 6.05. The number of hydrogen-bond donors (Lipinski definition) is 0. The van der Waals surface area contributed by atoms with Gasteiger partial charge in [0.25, 0.3) is 5.88 Å². The van der Waals surface area contributed by atoms with Crippen LogP contribution >= 0.6 is 0 Å². The molecule has 0 bridgehead atoms. The molecule has 3 aromatic rings. The lowest BCUT2D eigenvalue weighted by molar-refractivity contribution is -0.134. The van der Waals surface area contributed by atoms with Gasteiger partial charge in [0.2, 0.25) is 0 Å². The Hall–Kier alpha value is -2.43. The van der Waals surface area contributed by atoms with Crippen LogP contribution in [0.15, 0.2) is 24.3 Å². The Balaban J connectivity index is 2.34. The summed E-state index contributed by atoms with van der Waals surface area (Å²) in [5.74, 6) is 1.39. The number of nitrogens with zero attached hydrogens (tertiary/aromatic N) is 3. The molecule has 2 aromatic heterocycles. The molecule has 23 heavy (non-hydrogen) atoms. The molecule has 0 saturated carbocycles. The van der Waals surface area contributed by atoms with Gasteiger partial charge >= 0.3 is 5.97 Å². The summed E-state index contributed by atoms with van der Waals surface area (Å²) in [5.41, 5.74) is 2.45. The number of carbonyl (C=O) groups is 1. The minimum absolute atomic E-state index is 0.301. The molecular formula is C18H21N3O2. The summed E-state index contributed by atoms with van der Waals surface area (Å²) in [6, 6.07) is 7.89. The van der Waals surface area contributed by atoms with Gasteiger partial charge in [0, 0.05) is 18.4 Å². The standard InChI is InChI=1S/C18H21N3O2/c1-5-15(22)23-18-16-17(13-8-6-7-9-14(13)20-18)21(10-11(2)3)12(4)19-16/h6-9,11H,5,10H2,1-4H3. The zero-order chi connectivity index (χ0) is 16.6. The molecule has 3 rings (SSSR count). The molecule has 5 heteroatoms. The van der Waals surface area contributed by atoms with E-state index in [4.69, 9.17) is 4.74 Å². The monoisotopic (exact) mass is 311 g/mol. The summed E-state index contributed by atoms with van der Waals surface area (Å²) >= 11 is 0. The van der Waals surface area contributed by atoms with Crippen LogP contribution in [0.4, 0.5) is 0 Å². The molecule has 0 fully saturated rings. The number of aryl methyl sites for hydroxylation is 1. The van der Waals surface area contributed by atoms with Crippen molar-refractivity contribution in [3.8, 4) is 5.88 Å². The first kappa shape index (κ1) is 15.5. The van der Waals surface area contributed by atoms with Crippen LogP contribution in [-0.4, -0.2) is 20.5 Å². The maximum absolute atomic E-state index is 11.7. The van der Waals surface area contributed by atoms with Crippen molar-refractivity contribution in [2.75, 3.05) is 0 Å². The molecule has 0 atom stereocenters. The van der Waals surface area contributed by atoms with Crippen LogP contribution in [0.1, 0.15) is 33.0 Å². The predicted octanol–water partition coefficient (Wildman–Crippen LogP) is 3.86. The number of ether oxygens (including phenoxy) is 1. The zero-order valence-electron chi connectivity index (χ0n) is 14.0. The summed E-state index contributed by atoms with van der Waals surface area (Å²) in [4.78, 5) is 20.9. The number of rotatable bonds is 4. The molecule has 0 aliphatic heterocycles. The van der Waals surface area contributed by atoms with E-state index in [1.165, 1.54) is 0 Å². The Morgan fingerprint density at radius 3 is 2.70 bits per heavy atom. The van der Waals surface area contributed by atoms with Crippen LogP contribution in [0, 0.1) is 12.8 Å². The molecule has 2 heterocycles. The molecule has 0 radical (unpaired) electrons. The van der Waals surface area contributed by atoms with Crippen LogP contribution in [0.2, 0.25) is 0 Å². The second kappa shape index (κ2) is 5.99. The first-order chi connectivity index (χ1) is 11.0. The Kier molecular flexibility index (Phi) is 4.03. The van der Waals surface area contributed by atoms with E-state index < -0.39 is 0 Å². The van der Waals surface area contributed by atoms with Crippen LogP contribution in [-0.2, 0) is 11.3 Å². The van der Waals surface area contributed by atoms with Gasteiger partial charge in [-0.05, 0) is 18.9 Å². The number of pyridine rings is 1. The molecule has 120 valence electrons. The zero-order valence-corrected chi connectivity index (χ0v) is 14.0. The predicted molar refractivity (Wildman–Crippen MR) is 90.5 cm³/mol. The molecule has 5 nitrogen and oxygen atoms in total. The van der Waals surface area contributed by atoms with E-state index in [-0.39, 0.29) is 5.97 Å². The van der Waals surface area contributed by atoms with Crippen molar-refractivity contribution in [1.82, 2.24) is 14.5 Å². The van der Waals surface area contributed by atoms with Gasteiger partial charge in [-0.2, -0.15) is 0 Å². The second-order valence-electron chi connectivity index (χ2n) is 6.12. The fraction of sp³-hybridized carbons (Fsp3) is 0.389. The van der Waals surface area contributed by atoms with Crippen molar-refractivity contribution >= 4 is 27.9 Å². The van der Waals surface area contributed by atoms with Crippen molar-refractivity contribution in [3.63, 3.8) is 0 Å². The fourth-order valence-electron chi connectivity index (χ4n) is 2.76. The average molecular weight is 311 g/mol. The third-order valence-electron chi connectivity index (χ3n) is 3.79. The van der Waals surface area contributed by atoms with Crippen molar-refractivity contribution in [2.45, 2.75) is 40.7 Å². The van der Waals surface area contributed by atoms with E-state index in [1.54, 1.807) is 6.92 Å². The minimum atomic E-state index is -0.301. The number of aromatic nitrogens is 3. The number of hydrogen-bond acceptors (Lipinski definition) is 4. The summed E-state index contributed by atoms with van der Waals surface area (Å²) in [6.45, 7) is 8.95. The van der Waals surface area contributed by atoms with Crippen molar-refractivity contribution in [1.29, 1.82) is 0 Å². The molecule has 0 spiro atoms. The quantitative estimate of drug-likeness (QED) is 0.686. The van der Waals surface area contributed by atoms with E-state index >= 15 is 0 Å². The SMILES string of the molecule is CCC(=O)Oc1nc2ccccc2c2c1nc(C)n2CC(C)C. The molecule has 0 saturated heterocycles. The third kappa shape index (κ3) is 2.79. The average Bonchev–Trinajstić information content (AvgIpc) is 2.84. The topological polar surface area (TPSA) is 57.0 Å². The van der Waals surface area contributed by atoms with Gasteiger partial charge in [-0.3, -0.25) is 4.79 Å². The molecule has 0 aliphatic carbocycles. The first-order valence-electron chi connectivity index (χ1n) is 7.97. The molecule has 0 amide bonds. The van der Waals surface area contributed by atoms with Gasteiger partial charge in [0.05, 0.1) is 11.0 Å². The number of imidazole rings is 1. The van der Waals surface area contributed by atoms with Crippen molar-refractivity contribution < 1.29 is 9.53 Å². The largest absolute Gasteiger partial charge is 0.405 e. The molecule has 0 unspecified atom stereocenters. The number of benzene rings is 1. The molecular weight excluding hydrogens is 290 g/mol. The maximum atomic E-state index is 11.7. The Morgan fingerprint density at radius 1 is 1.26 bits per heavy atom. The van der Waals surface area contributed by atoms with Crippen molar-refractivity contribution in [2.24, 2.45) is 5.92 Å². The van der Waals surface area contributed by atoms with E-state index in [9.17, 15) is 4.79 Å². The highest BCUT2D eigenvalue weighted by atomic mass is 16.5. The summed E-state index contributed by atoms with van der Waals surface area (Å²) in [7, 11) is 0. The first-order valence-corrected chi connectivity index (χ1v) is 7.97. The lowest BCUT2D eigenvalue weighted by Gasteiger charge is -2.12. The maximum Gasteiger partial charge on any atom is 0.312 e. The lowest BCUT2D eigenvalue weighted by Crippen LogP contribution is -2.08. The number of para-hydroxylation sites is 1. The van der Waals surface area contributed by atoms with Gasteiger partial charge in [-0.15, -0.1) is 0 Å². The Labute approximate surface area is 135 Å². The summed E-state index contributed by atoms with van der Waals surface area (Å²) in [6.07, 6.45) is 0.307. The number of fused-ring (bicyclic) bond motifs is 3. The highest BCUT2D eigenvalue weighted by Crippen LogP contribution is 2.31. The molecule has 0 aliphatic rings. The summed E-state index contributed by atoms with van der Waals surface area (Å²) < 4.78 is 7.62. The van der Waals surface area contributed by atoms with E-state index in [0.29, 0.717) is 23.7 Å². The van der Waals surface area contributed by atoms with Gasteiger partial charge in [-0.25, -0.2) is 9.97 Å². The minimum Gasteiger partial charge on any atom is -0.405 e. The smallest absolute Gasteiger partial charge is 0.312 e. The van der Waals surface area contributed by atoms with E-state index in [2.05, 4.69) is 28.4 Å². The Bertz CT molecular complexity index is 881. The van der Waals surface area contributed by atoms with E-state index in [0.717, 1.165) is 28.8 Å². The normalized spacial score (nSPS) is 11.5. The summed E-state index contributed by atoms with van der Waals surface area (Å²) in [5, 5.41) is 1.03. The van der Waals surface area contributed by atoms with Gasteiger partial charge in [0.15, 0.2) is 5.52 Å². The van der Waals surface area contributed by atoms with E-state index in [1.807, 2.05) is 31.2 Å².